The molecule has 2 atom stereocenters. The van der Waals surface area contributed by atoms with Gasteiger partial charge in [-0.25, -0.2) is 4.79 Å². The highest BCUT2D eigenvalue weighted by atomic mass is 16.7. The van der Waals surface area contributed by atoms with Crippen molar-refractivity contribution < 1.29 is 19.1 Å². The minimum absolute atomic E-state index is 0.147. The van der Waals surface area contributed by atoms with Crippen molar-refractivity contribution in [3.63, 3.8) is 0 Å². The van der Waals surface area contributed by atoms with Crippen molar-refractivity contribution in [2.24, 2.45) is 5.92 Å². The molecular weight excluding hydrogens is 274 g/mol. The van der Waals surface area contributed by atoms with Gasteiger partial charge in [0.2, 0.25) is 5.91 Å². The van der Waals surface area contributed by atoms with Crippen LogP contribution in [0, 0.1) is 5.92 Å². The van der Waals surface area contributed by atoms with Crippen molar-refractivity contribution in [2.45, 2.75) is 39.0 Å². The molecule has 2 aliphatic heterocycles. The third-order valence-corrected chi connectivity index (χ3v) is 4.02. The Labute approximate surface area is 125 Å². The lowest BCUT2D eigenvalue weighted by molar-refractivity contribution is -0.129. The molecule has 2 aliphatic rings. The Hall–Kier alpha value is -1.18. The summed E-state index contributed by atoms with van der Waals surface area (Å²) in [6.45, 7) is 7.04. The van der Waals surface area contributed by atoms with Crippen LogP contribution >= 0.6 is 0 Å². The lowest BCUT2D eigenvalue weighted by Crippen LogP contribution is -2.53. The number of ether oxygens (including phenoxy) is 2. The first-order valence-electron chi connectivity index (χ1n) is 7.67. The van der Waals surface area contributed by atoms with Gasteiger partial charge in [-0.1, -0.05) is 0 Å². The molecule has 2 heterocycles. The molecule has 0 bridgehead atoms. The van der Waals surface area contributed by atoms with E-state index in [4.69, 9.17) is 9.47 Å². The number of nitrogens with zero attached hydrogens (tertiary/aromatic N) is 1. The zero-order valence-electron chi connectivity index (χ0n) is 12.8. The van der Waals surface area contributed by atoms with E-state index in [1.807, 2.05) is 13.8 Å². The highest BCUT2D eigenvalue weighted by Crippen LogP contribution is 2.25. The van der Waals surface area contributed by atoms with E-state index in [1.165, 1.54) is 0 Å². The van der Waals surface area contributed by atoms with Crippen LogP contribution in [0.2, 0.25) is 0 Å². The molecule has 2 unspecified atom stereocenters. The van der Waals surface area contributed by atoms with Crippen molar-refractivity contribution in [1.29, 1.82) is 0 Å². The van der Waals surface area contributed by atoms with Gasteiger partial charge in [-0.15, -0.1) is 0 Å². The van der Waals surface area contributed by atoms with Gasteiger partial charge in [-0.3, -0.25) is 15.0 Å². The van der Waals surface area contributed by atoms with E-state index in [0.29, 0.717) is 25.7 Å². The number of hydrogen-bond donors (Lipinski definition) is 2. The summed E-state index contributed by atoms with van der Waals surface area (Å²) in [5.74, 6) is 0.0239. The molecule has 0 radical (unpaired) electrons. The molecule has 7 heteroatoms. The molecular formula is C14H25N3O4. The highest BCUT2D eigenvalue weighted by molar-refractivity contribution is 5.96. The van der Waals surface area contributed by atoms with E-state index in [9.17, 15) is 9.59 Å². The first kappa shape index (κ1) is 16.2. The lowest BCUT2D eigenvalue weighted by Gasteiger charge is -2.37. The fourth-order valence-electron chi connectivity index (χ4n) is 2.85. The van der Waals surface area contributed by atoms with Gasteiger partial charge < -0.3 is 14.8 Å². The predicted molar refractivity (Wildman–Crippen MR) is 76.7 cm³/mol. The minimum Gasteiger partial charge on any atom is -0.350 e. The molecule has 0 aromatic rings. The van der Waals surface area contributed by atoms with Crippen LogP contribution in [0.15, 0.2) is 0 Å². The van der Waals surface area contributed by atoms with Crippen molar-refractivity contribution in [3.8, 4) is 0 Å². The second kappa shape index (κ2) is 7.72. The fourth-order valence-corrected chi connectivity index (χ4v) is 2.85. The molecule has 2 saturated heterocycles. The highest BCUT2D eigenvalue weighted by Gasteiger charge is 2.34. The van der Waals surface area contributed by atoms with Gasteiger partial charge in [0.05, 0.1) is 19.3 Å². The average molecular weight is 299 g/mol. The molecule has 21 heavy (non-hydrogen) atoms. The number of carbonyl (C=O) groups is 2. The standard InChI is InChI=1S/C14H25N3O4/c1-3-15-14(19)16-12(18)10(2)17-6-4-5-11(9-17)13-20-7-8-21-13/h10-11,13H,3-9H2,1-2H3,(H2,15,16,18,19). The molecule has 0 spiro atoms. The average Bonchev–Trinajstić information content (AvgIpc) is 3.01. The number of imide groups is 1. The molecule has 120 valence electrons. The largest absolute Gasteiger partial charge is 0.350 e. The van der Waals surface area contributed by atoms with Gasteiger partial charge in [-0.05, 0) is 33.2 Å². The van der Waals surface area contributed by atoms with E-state index < -0.39 is 6.03 Å². The number of likely N-dealkylation sites (tertiary alicyclic amines) is 1. The van der Waals surface area contributed by atoms with E-state index in [0.717, 1.165) is 25.9 Å². The Bertz CT molecular complexity index is 371. The smallest absolute Gasteiger partial charge is 0.321 e. The molecule has 2 fully saturated rings. The summed E-state index contributed by atoms with van der Waals surface area (Å²) < 4.78 is 11.1. The Morgan fingerprint density at radius 1 is 1.33 bits per heavy atom. The first-order valence-corrected chi connectivity index (χ1v) is 7.67. The van der Waals surface area contributed by atoms with E-state index in [2.05, 4.69) is 15.5 Å². The molecule has 2 rings (SSSR count). The van der Waals surface area contributed by atoms with Gasteiger partial charge in [0, 0.05) is 19.0 Å². The van der Waals surface area contributed by atoms with Gasteiger partial charge in [0.25, 0.3) is 0 Å². The molecule has 0 saturated carbocycles. The maximum absolute atomic E-state index is 12.1. The first-order chi connectivity index (χ1) is 10.1. The second-order valence-electron chi connectivity index (χ2n) is 5.53. The molecule has 2 N–H and O–H groups in total. The van der Waals surface area contributed by atoms with Crippen LogP contribution in [0.5, 0.6) is 0 Å². The summed E-state index contributed by atoms with van der Waals surface area (Å²) in [5, 5.41) is 4.93. The van der Waals surface area contributed by atoms with E-state index >= 15 is 0 Å². The summed E-state index contributed by atoms with van der Waals surface area (Å²) in [7, 11) is 0. The molecule has 3 amide bonds. The number of rotatable bonds is 4. The summed E-state index contributed by atoms with van der Waals surface area (Å²) in [6.07, 6.45) is 1.91. The third kappa shape index (κ3) is 4.39. The summed E-state index contributed by atoms with van der Waals surface area (Å²) in [4.78, 5) is 25.6. The van der Waals surface area contributed by atoms with Gasteiger partial charge >= 0.3 is 6.03 Å². The SMILES string of the molecule is CCNC(=O)NC(=O)C(C)N1CCCC(C2OCCO2)C1. The van der Waals surface area contributed by atoms with Crippen molar-refractivity contribution in [1.82, 2.24) is 15.5 Å². The number of carbonyl (C=O) groups excluding carboxylic acids is 2. The third-order valence-electron chi connectivity index (χ3n) is 4.02. The Morgan fingerprint density at radius 3 is 2.71 bits per heavy atom. The summed E-state index contributed by atoms with van der Waals surface area (Å²) >= 11 is 0. The topological polar surface area (TPSA) is 79.9 Å². The zero-order chi connectivity index (χ0) is 15.2. The minimum atomic E-state index is -0.439. The Kier molecular flexibility index (Phi) is 5.96. The Balaban J connectivity index is 1.84. The number of nitrogens with one attached hydrogen (secondary N) is 2. The van der Waals surface area contributed by atoms with Crippen LogP contribution in [-0.4, -0.2) is 62.0 Å². The quantitative estimate of drug-likeness (QED) is 0.781. The number of amides is 3. The van der Waals surface area contributed by atoms with Gasteiger partial charge in [-0.2, -0.15) is 0 Å². The molecule has 0 aliphatic carbocycles. The lowest BCUT2D eigenvalue weighted by atomic mass is 9.96. The van der Waals surface area contributed by atoms with Crippen LogP contribution in [-0.2, 0) is 14.3 Å². The van der Waals surface area contributed by atoms with Gasteiger partial charge in [0.1, 0.15) is 0 Å². The second-order valence-corrected chi connectivity index (χ2v) is 5.53. The number of piperidine rings is 1. The summed E-state index contributed by atoms with van der Waals surface area (Å²) in [6, 6.07) is -0.776. The van der Waals surface area contributed by atoms with Crippen molar-refractivity contribution >= 4 is 11.9 Å². The normalized spacial score (nSPS) is 25.5. The van der Waals surface area contributed by atoms with Crippen LogP contribution in [0.1, 0.15) is 26.7 Å². The molecule has 7 nitrogen and oxygen atoms in total. The van der Waals surface area contributed by atoms with Crippen molar-refractivity contribution in [3.05, 3.63) is 0 Å². The molecule has 0 aromatic carbocycles. The van der Waals surface area contributed by atoms with E-state index in [-0.39, 0.29) is 18.2 Å². The number of urea groups is 1. The molecule has 0 aromatic heterocycles. The maximum Gasteiger partial charge on any atom is 0.321 e. The number of hydrogen-bond acceptors (Lipinski definition) is 5. The fraction of sp³-hybridized carbons (Fsp3) is 0.857. The van der Waals surface area contributed by atoms with Crippen LogP contribution in [0.4, 0.5) is 4.79 Å². The van der Waals surface area contributed by atoms with Crippen LogP contribution in [0.25, 0.3) is 0 Å². The van der Waals surface area contributed by atoms with Crippen molar-refractivity contribution in [2.75, 3.05) is 32.8 Å². The van der Waals surface area contributed by atoms with Crippen LogP contribution < -0.4 is 10.6 Å². The van der Waals surface area contributed by atoms with E-state index in [1.54, 1.807) is 0 Å². The Morgan fingerprint density at radius 2 is 2.05 bits per heavy atom. The monoisotopic (exact) mass is 299 g/mol. The maximum atomic E-state index is 12.1. The predicted octanol–water partition coefficient (Wildman–Crippen LogP) is 0.306. The summed E-state index contributed by atoms with van der Waals surface area (Å²) in [5.41, 5.74) is 0. The zero-order valence-corrected chi connectivity index (χ0v) is 12.8. The van der Waals surface area contributed by atoms with Crippen LogP contribution in [0.3, 0.4) is 0 Å². The van der Waals surface area contributed by atoms with Gasteiger partial charge in [0.15, 0.2) is 6.29 Å².